The third kappa shape index (κ3) is 3.91. The quantitative estimate of drug-likeness (QED) is 0.886. The van der Waals surface area contributed by atoms with Gasteiger partial charge in [-0.25, -0.2) is 0 Å². The van der Waals surface area contributed by atoms with Crippen molar-refractivity contribution in [3.63, 3.8) is 0 Å². The molecule has 1 N–H and O–H groups in total. The van der Waals surface area contributed by atoms with Crippen molar-refractivity contribution in [1.29, 1.82) is 0 Å². The molecular formula is C23H28N2O2. The summed E-state index contributed by atoms with van der Waals surface area (Å²) < 4.78 is 0. The number of nitrogens with zero attached hydrogens (tertiary/aromatic N) is 2. The Morgan fingerprint density at radius 2 is 1.74 bits per heavy atom. The van der Waals surface area contributed by atoms with Crippen LogP contribution in [0.3, 0.4) is 0 Å². The molecule has 4 heteroatoms. The van der Waals surface area contributed by atoms with E-state index in [-0.39, 0.29) is 5.91 Å². The van der Waals surface area contributed by atoms with Gasteiger partial charge in [0.05, 0.1) is 5.60 Å². The fourth-order valence-corrected chi connectivity index (χ4v) is 4.52. The summed E-state index contributed by atoms with van der Waals surface area (Å²) >= 11 is 0. The van der Waals surface area contributed by atoms with Crippen molar-refractivity contribution < 1.29 is 9.90 Å². The molecule has 27 heavy (non-hydrogen) atoms. The number of benzene rings is 1. The van der Waals surface area contributed by atoms with Crippen LogP contribution in [0.5, 0.6) is 0 Å². The molecular weight excluding hydrogens is 336 g/mol. The van der Waals surface area contributed by atoms with Gasteiger partial charge in [-0.3, -0.25) is 9.78 Å². The van der Waals surface area contributed by atoms with E-state index in [1.807, 2.05) is 30.3 Å². The van der Waals surface area contributed by atoms with Crippen LogP contribution in [-0.2, 0) is 5.60 Å². The van der Waals surface area contributed by atoms with Crippen molar-refractivity contribution >= 4 is 5.91 Å². The summed E-state index contributed by atoms with van der Waals surface area (Å²) in [5.41, 5.74) is 2.55. The standard InChI is InChI=1S/C23H28N2O2/c1-23(2,27)21-11-20(12-24-13-21)18-6-8-19(9-7-18)22(26)25-14-16-4-3-5-17(10-16)15-25/h6-9,11-13,16-17,27H,3-5,10,14-15H2,1-2H3/t16-,17+. The van der Waals surface area contributed by atoms with Crippen molar-refractivity contribution in [1.82, 2.24) is 9.88 Å². The zero-order valence-electron chi connectivity index (χ0n) is 16.2. The summed E-state index contributed by atoms with van der Waals surface area (Å²) in [4.78, 5) is 19.3. The SMILES string of the molecule is CC(C)(O)c1cncc(-c2ccc(C(=O)N3C[C@@H]4CCC[C@@H](C4)C3)cc2)c1. The minimum Gasteiger partial charge on any atom is -0.386 e. The van der Waals surface area contributed by atoms with Gasteiger partial charge in [0.1, 0.15) is 0 Å². The molecule has 2 aliphatic rings. The van der Waals surface area contributed by atoms with Gasteiger partial charge in [-0.05, 0) is 68.7 Å². The number of aliphatic hydroxyl groups is 1. The van der Waals surface area contributed by atoms with Crippen molar-refractivity contribution in [2.24, 2.45) is 11.8 Å². The molecule has 1 aromatic heterocycles. The summed E-state index contributed by atoms with van der Waals surface area (Å²) in [6, 6.07) is 9.74. The Bertz CT molecular complexity index is 811. The number of carbonyl (C=O) groups is 1. The first kappa shape index (κ1) is 18.2. The number of pyridine rings is 1. The fraction of sp³-hybridized carbons (Fsp3) is 0.478. The monoisotopic (exact) mass is 364 g/mol. The molecule has 142 valence electrons. The molecule has 2 atom stereocenters. The molecule has 1 aromatic carbocycles. The van der Waals surface area contributed by atoms with Gasteiger partial charge in [0.25, 0.3) is 5.91 Å². The van der Waals surface area contributed by atoms with Crippen LogP contribution in [0.2, 0.25) is 0 Å². The van der Waals surface area contributed by atoms with Gasteiger partial charge in [-0.1, -0.05) is 18.6 Å². The number of hydrogen-bond acceptors (Lipinski definition) is 3. The highest BCUT2D eigenvalue weighted by Crippen LogP contribution is 2.35. The van der Waals surface area contributed by atoms with E-state index in [4.69, 9.17) is 0 Å². The van der Waals surface area contributed by atoms with Crippen molar-refractivity contribution in [2.45, 2.75) is 45.1 Å². The van der Waals surface area contributed by atoms with E-state index in [9.17, 15) is 9.90 Å². The van der Waals surface area contributed by atoms with E-state index in [0.29, 0.717) is 11.8 Å². The van der Waals surface area contributed by atoms with E-state index in [0.717, 1.165) is 35.3 Å². The van der Waals surface area contributed by atoms with Crippen molar-refractivity contribution in [3.05, 3.63) is 53.9 Å². The Kier molecular flexibility index (Phi) is 4.77. The van der Waals surface area contributed by atoms with Gasteiger partial charge in [-0.2, -0.15) is 0 Å². The Morgan fingerprint density at radius 3 is 2.37 bits per heavy atom. The molecule has 2 fully saturated rings. The fourth-order valence-electron chi connectivity index (χ4n) is 4.52. The number of rotatable bonds is 3. The van der Waals surface area contributed by atoms with Crippen LogP contribution in [0.1, 0.15) is 55.5 Å². The van der Waals surface area contributed by atoms with Crippen molar-refractivity contribution in [3.8, 4) is 11.1 Å². The minimum absolute atomic E-state index is 0.154. The van der Waals surface area contributed by atoms with E-state index < -0.39 is 5.60 Å². The van der Waals surface area contributed by atoms with Crippen LogP contribution in [0, 0.1) is 11.8 Å². The number of amides is 1. The molecule has 2 heterocycles. The largest absolute Gasteiger partial charge is 0.386 e. The first-order valence-corrected chi connectivity index (χ1v) is 9.98. The second-order valence-electron chi connectivity index (χ2n) is 8.71. The van der Waals surface area contributed by atoms with Crippen LogP contribution < -0.4 is 0 Å². The Labute approximate surface area is 161 Å². The van der Waals surface area contributed by atoms with Crippen LogP contribution in [0.25, 0.3) is 11.1 Å². The predicted molar refractivity (Wildman–Crippen MR) is 106 cm³/mol. The zero-order chi connectivity index (χ0) is 19.0. The molecule has 1 saturated carbocycles. The first-order valence-electron chi connectivity index (χ1n) is 9.98. The number of fused-ring (bicyclic) bond motifs is 2. The van der Waals surface area contributed by atoms with Crippen LogP contribution in [0.15, 0.2) is 42.7 Å². The number of piperidine rings is 1. The van der Waals surface area contributed by atoms with Gasteiger partial charge >= 0.3 is 0 Å². The number of hydrogen-bond donors (Lipinski definition) is 1. The third-order valence-electron chi connectivity index (χ3n) is 6.05. The van der Waals surface area contributed by atoms with E-state index in [1.54, 1.807) is 26.2 Å². The zero-order valence-corrected chi connectivity index (χ0v) is 16.2. The number of carbonyl (C=O) groups excluding carboxylic acids is 1. The molecule has 1 aliphatic carbocycles. The number of likely N-dealkylation sites (tertiary alicyclic amines) is 1. The molecule has 2 bridgehead atoms. The summed E-state index contributed by atoms with van der Waals surface area (Å²) in [6.07, 6.45) is 8.64. The molecule has 1 saturated heterocycles. The summed E-state index contributed by atoms with van der Waals surface area (Å²) in [6.45, 7) is 5.33. The third-order valence-corrected chi connectivity index (χ3v) is 6.05. The normalized spacial score (nSPS) is 22.6. The molecule has 2 aromatic rings. The highest BCUT2D eigenvalue weighted by molar-refractivity contribution is 5.94. The van der Waals surface area contributed by atoms with Gasteiger partial charge in [0.15, 0.2) is 0 Å². The van der Waals surface area contributed by atoms with Crippen LogP contribution in [-0.4, -0.2) is 34.0 Å². The molecule has 4 nitrogen and oxygen atoms in total. The molecule has 4 rings (SSSR count). The maximum atomic E-state index is 12.9. The summed E-state index contributed by atoms with van der Waals surface area (Å²) in [5, 5.41) is 10.2. The predicted octanol–water partition coefficient (Wildman–Crippen LogP) is 4.24. The maximum Gasteiger partial charge on any atom is 0.253 e. The van der Waals surface area contributed by atoms with Crippen LogP contribution in [0.4, 0.5) is 0 Å². The average Bonchev–Trinajstić information content (AvgIpc) is 2.67. The molecule has 0 spiro atoms. The van der Waals surface area contributed by atoms with E-state index in [2.05, 4.69) is 9.88 Å². The highest BCUT2D eigenvalue weighted by Gasteiger charge is 2.32. The Morgan fingerprint density at radius 1 is 1.07 bits per heavy atom. The number of aromatic nitrogens is 1. The smallest absolute Gasteiger partial charge is 0.253 e. The molecule has 0 unspecified atom stereocenters. The lowest BCUT2D eigenvalue weighted by molar-refractivity contribution is 0.0504. The average molecular weight is 364 g/mol. The summed E-state index contributed by atoms with van der Waals surface area (Å²) in [7, 11) is 0. The maximum absolute atomic E-state index is 12.9. The lowest BCUT2D eigenvalue weighted by Crippen LogP contribution is -2.45. The lowest BCUT2D eigenvalue weighted by Gasteiger charge is -2.41. The Hall–Kier alpha value is -2.20. The topological polar surface area (TPSA) is 53.4 Å². The van der Waals surface area contributed by atoms with Crippen molar-refractivity contribution in [2.75, 3.05) is 13.1 Å². The van der Waals surface area contributed by atoms with E-state index >= 15 is 0 Å². The van der Waals surface area contributed by atoms with Gasteiger partial charge in [-0.15, -0.1) is 0 Å². The van der Waals surface area contributed by atoms with Gasteiger partial charge in [0, 0.05) is 42.2 Å². The first-order chi connectivity index (χ1) is 12.9. The van der Waals surface area contributed by atoms with Crippen LogP contribution >= 0.6 is 0 Å². The van der Waals surface area contributed by atoms with Gasteiger partial charge in [0.2, 0.25) is 0 Å². The second-order valence-corrected chi connectivity index (χ2v) is 8.71. The minimum atomic E-state index is -0.925. The highest BCUT2D eigenvalue weighted by atomic mass is 16.3. The molecule has 0 radical (unpaired) electrons. The lowest BCUT2D eigenvalue weighted by atomic mass is 9.78. The van der Waals surface area contributed by atoms with E-state index in [1.165, 1.54) is 25.7 Å². The molecule has 1 aliphatic heterocycles. The van der Waals surface area contributed by atoms with Gasteiger partial charge < -0.3 is 10.0 Å². The summed E-state index contributed by atoms with van der Waals surface area (Å²) in [5.74, 6) is 1.54. The molecule has 1 amide bonds. The second kappa shape index (κ2) is 7.08. The Balaban J connectivity index is 1.51.